The van der Waals surface area contributed by atoms with Crippen LogP contribution in [-0.2, 0) is 11.2 Å². The van der Waals surface area contributed by atoms with Gasteiger partial charge in [-0.1, -0.05) is 57.6 Å². The van der Waals surface area contributed by atoms with Crippen molar-refractivity contribution in [2.75, 3.05) is 0 Å². The van der Waals surface area contributed by atoms with E-state index in [4.69, 9.17) is 9.47 Å². The number of benzene rings is 1. The Labute approximate surface area is 171 Å². The van der Waals surface area contributed by atoms with Crippen molar-refractivity contribution in [3.8, 4) is 5.75 Å². The first-order valence-corrected chi connectivity index (χ1v) is 12.2. The summed E-state index contributed by atoms with van der Waals surface area (Å²) in [5.74, 6) is 5.53. The van der Waals surface area contributed by atoms with Gasteiger partial charge in [-0.3, -0.25) is 0 Å². The van der Waals surface area contributed by atoms with Crippen molar-refractivity contribution in [3.63, 3.8) is 0 Å². The fraction of sp³-hybridized carbons (Fsp3) is 0.769. The molecule has 0 spiro atoms. The molecule has 4 aliphatic carbocycles. The summed E-state index contributed by atoms with van der Waals surface area (Å²) in [5, 5.41) is 0. The molecular formula is C26H38O2. The summed E-state index contributed by atoms with van der Waals surface area (Å²) < 4.78 is 13.3. The van der Waals surface area contributed by atoms with Gasteiger partial charge in [-0.05, 0) is 79.4 Å². The summed E-state index contributed by atoms with van der Waals surface area (Å²) in [7, 11) is 0. The lowest BCUT2D eigenvalue weighted by Crippen LogP contribution is -2.36. The standard InChI is InChI=1S/C26H38O2/c1-2-18-11-13-21(14-12-18)27-26(15-19-7-4-3-5-8-19)28-25-17-20-16-24(25)23-10-6-9-22(20)23/h11-14,19-20,22-26H,2-10,15-17H2,1H3. The Morgan fingerprint density at radius 2 is 1.64 bits per heavy atom. The number of fused-ring (bicyclic) bond motifs is 5. The Morgan fingerprint density at radius 1 is 0.857 bits per heavy atom. The molecule has 5 rings (SSSR count). The van der Waals surface area contributed by atoms with Crippen LogP contribution in [0.4, 0.5) is 0 Å². The second-order valence-electron chi connectivity index (χ2n) is 10.1. The molecule has 1 aromatic carbocycles. The Hall–Kier alpha value is -1.02. The summed E-state index contributed by atoms with van der Waals surface area (Å²) in [6.45, 7) is 2.20. The maximum absolute atomic E-state index is 6.79. The van der Waals surface area contributed by atoms with E-state index in [9.17, 15) is 0 Å². The van der Waals surface area contributed by atoms with Crippen LogP contribution >= 0.6 is 0 Å². The highest BCUT2D eigenvalue weighted by Gasteiger charge is 2.54. The van der Waals surface area contributed by atoms with E-state index in [1.165, 1.54) is 69.8 Å². The van der Waals surface area contributed by atoms with Crippen molar-refractivity contribution in [2.24, 2.45) is 29.6 Å². The zero-order chi connectivity index (χ0) is 18.9. The molecular weight excluding hydrogens is 344 g/mol. The quantitative estimate of drug-likeness (QED) is 0.485. The van der Waals surface area contributed by atoms with Crippen molar-refractivity contribution in [3.05, 3.63) is 29.8 Å². The molecule has 28 heavy (non-hydrogen) atoms. The van der Waals surface area contributed by atoms with Crippen LogP contribution in [0.25, 0.3) is 0 Å². The lowest BCUT2D eigenvalue weighted by molar-refractivity contribution is -0.152. The summed E-state index contributed by atoms with van der Waals surface area (Å²) in [6, 6.07) is 8.69. The number of hydrogen-bond acceptors (Lipinski definition) is 2. The van der Waals surface area contributed by atoms with Crippen LogP contribution in [0.1, 0.15) is 83.1 Å². The molecule has 0 heterocycles. The van der Waals surface area contributed by atoms with Gasteiger partial charge in [0.25, 0.3) is 0 Å². The molecule has 0 saturated heterocycles. The van der Waals surface area contributed by atoms with Gasteiger partial charge in [0.15, 0.2) is 6.29 Å². The first kappa shape index (κ1) is 19.0. The molecule has 0 N–H and O–H groups in total. The van der Waals surface area contributed by atoms with Gasteiger partial charge in [0.1, 0.15) is 5.75 Å². The minimum Gasteiger partial charge on any atom is -0.465 e. The van der Waals surface area contributed by atoms with Crippen LogP contribution in [0.3, 0.4) is 0 Å². The fourth-order valence-electron chi connectivity index (χ4n) is 7.14. The highest BCUT2D eigenvalue weighted by atomic mass is 16.7. The lowest BCUT2D eigenvalue weighted by atomic mass is 9.80. The van der Waals surface area contributed by atoms with E-state index >= 15 is 0 Å². The molecule has 6 atom stereocenters. The predicted octanol–water partition coefficient (Wildman–Crippen LogP) is 6.77. The summed E-state index contributed by atoms with van der Waals surface area (Å²) in [4.78, 5) is 0. The van der Waals surface area contributed by atoms with Gasteiger partial charge in [-0.15, -0.1) is 0 Å². The average Bonchev–Trinajstić information content (AvgIpc) is 3.43. The number of aryl methyl sites for hydroxylation is 1. The Morgan fingerprint density at radius 3 is 2.43 bits per heavy atom. The second-order valence-corrected chi connectivity index (χ2v) is 10.1. The van der Waals surface area contributed by atoms with E-state index in [0.717, 1.165) is 48.2 Å². The van der Waals surface area contributed by atoms with Gasteiger partial charge in [0.2, 0.25) is 0 Å². The molecule has 2 nitrogen and oxygen atoms in total. The average molecular weight is 383 g/mol. The van der Waals surface area contributed by atoms with Crippen LogP contribution in [0, 0.1) is 29.6 Å². The molecule has 0 amide bonds. The van der Waals surface area contributed by atoms with Gasteiger partial charge >= 0.3 is 0 Å². The molecule has 0 radical (unpaired) electrons. The highest BCUT2D eigenvalue weighted by molar-refractivity contribution is 5.27. The first-order valence-electron chi connectivity index (χ1n) is 12.2. The largest absolute Gasteiger partial charge is 0.465 e. The van der Waals surface area contributed by atoms with Gasteiger partial charge in [0, 0.05) is 6.42 Å². The van der Waals surface area contributed by atoms with Gasteiger partial charge in [0.05, 0.1) is 6.10 Å². The van der Waals surface area contributed by atoms with Gasteiger partial charge < -0.3 is 9.47 Å². The zero-order valence-electron chi connectivity index (χ0n) is 17.7. The molecule has 0 aliphatic heterocycles. The maximum Gasteiger partial charge on any atom is 0.200 e. The third kappa shape index (κ3) is 3.86. The fourth-order valence-corrected chi connectivity index (χ4v) is 7.14. The third-order valence-corrected chi connectivity index (χ3v) is 8.54. The topological polar surface area (TPSA) is 18.5 Å². The highest BCUT2D eigenvalue weighted by Crippen LogP contribution is 2.59. The molecule has 6 unspecified atom stereocenters. The maximum atomic E-state index is 6.79. The van der Waals surface area contributed by atoms with E-state index in [1.54, 1.807) is 0 Å². The summed E-state index contributed by atoms with van der Waals surface area (Å²) in [5.41, 5.74) is 1.37. The van der Waals surface area contributed by atoms with Crippen LogP contribution in [-0.4, -0.2) is 12.4 Å². The molecule has 2 bridgehead atoms. The van der Waals surface area contributed by atoms with E-state index in [-0.39, 0.29) is 6.29 Å². The van der Waals surface area contributed by atoms with Crippen molar-refractivity contribution < 1.29 is 9.47 Å². The van der Waals surface area contributed by atoms with E-state index in [0.29, 0.717) is 6.10 Å². The van der Waals surface area contributed by atoms with Crippen molar-refractivity contribution in [2.45, 2.75) is 96.4 Å². The Kier molecular flexibility index (Phi) is 5.68. The first-order chi connectivity index (χ1) is 13.8. The summed E-state index contributed by atoms with van der Waals surface area (Å²) >= 11 is 0. The van der Waals surface area contributed by atoms with E-state index < -0.39 is 0 Å². The normalized spacial score (nSPS) is 35.8. The lowest BCUT2D eigenvalue weighted by Gasteiger charge is -2.35. The van der Waals surface area contributed by atoms with Crippen molar-refractivity contribution in [1.82, 2.24) is 0 Å². The predicted molar refractivity (Wildman–Crippen MR) is 113 cm³/mol. The molecule has 4 aliphatic rings. The smallest absolute Gasteiger partial charge is 0.200 e. The number of hydrogen-bond donors (Lipinski definition) is 0. The minimum atomic E-state index is -0.0558. The molecule has 1 aromatic rings. The molecule has 4 fully saturated rings. The monoisotopic (exact) mass is 382 g/mol. The van der Waals surface area contributed by atoms with Crippen molar-refractivity contribution in [1.29, 1.82) is 0 Å². The molecule has 0 aromatic heterocycles. The SMILES string of the molecule is CCc1ccc(OC(CC2CCCCC2)OC2CC3CC2C2CCCC32)cc1. The molecule has 2 heteroatoms. The van der Waals surface area contributed by atoms with Crippen LogP contribution in [0.5, 0.6) is 5.75 Å². The molecule has 154 valence electrons. The molecule has 4 saturated carbocycles. The Bertz CT molecular complexity index is 632. The summed E-state index contributed by atoms with van der Waals surface area (Å²) in [6.07, 6.45) is 16.6. The number of rotatable bonds is 7. The van der Waals surface area contributed by atoms with Crippen LogP contribution in [0.2, 0.25) is 0 Å². The minimum absolute atomic E-state index is 0.0558. The van der Waals surface area contributed by atoms with E-state index in [2.05, 4.69) is 31.2 Å². The van der Waals surface area contributed by atoms with E-state index in [1.807, 2.05) is 0 Å². The zero-order valence-corrected chi connectivity index (χ0v) is 17.7. The van der Waals surface area contributed by atoms with Crippen LogP contribution < -0.4 is 4.74 Å². The number of ether oxygens (including phenoxy) is 2. The second kappa shape index (κ2) is 8.38. The van der Waals surface area contributed by atoms with Gasteiger partial charge in [-0.25, -0.2) is 0 Å². The van der Waals surface area contributed by atoms with Gasteiger partial charge in [-0.2, -0.15) is 0 Å². The third-order valence-electron chi connectivity index (χ3n) is 8.54. The van der Waals surface area contributed by atoms with Crippen molar-refractivity contribution >= 4 is 0 Å². The Balaban J connectivity index is 1.26. The van der Waals surface area contributed by atoms with Crippen LogP contribution in [0.15, 0.2) is 24.3 Å².